The molecule has 0 aliphatic rings. The molecule has 30 heavy (non-hydrogen) atoms. The quantitative estimate of drug-likeness (QED) is 0.304. The van der Waals surface area contributed by atoms with Crippen molar-refractivity contribution in [3.05, 3.63) is 69.7 Å². The zero-order chi connectivity index (χ0) is 21.7. The second-order valence-electron chi connectivity index (χ2n) is 8.07. The Morgan fingerprint density at radius 1 is 0.667 bits per heavy atom. The van der Waals surface area contributed by atoms with Crippen molar-refractivity contribution in [1.29, 1.82) is 0 Å². The van der Waals surface area contributed by atoms with E-state index in [1.807, 2.05) is 69.8 Å². The summed E-state index contributed by atoms with van der Waals surface area (Å²) in [7, 11) is 9.64. The summed E-state index contributed by atoms with van der Waals surface area (Å²) in [4.78, 5) is 0. The van der Waals surface area contributed by atoms with Gasteiger partial charge in [-0.1, -0.05) is 69.1 Å². The number of hydrogen-bond donors (Lipinski definition) is 2. The SMILES string of the molecule is CNC(C)(C)C(SSSC(c1ccc(Cl)cc1)C(C)(C)NC)c1ccc(Cl)cc1.Cl. The van der Waals surface area contributed by atoms with Crippen LogP contribution in [0.4, 0.5) is 0 Å². The first-order valence-electron chi connectivity index (χ1n) is 9.48. The third kappa shape index (κ3) is 7.70. The first kappa shape index (κ1) is 28.3. The number of hydrogen-bond acceptors (Lipinski definition) is 5. The van der Waals surface area contributed by atoms with Gasteiger partial charge in [0, 0.05) is 21.1 Å². The van der Waals surface area contributed by atoms with Crippen LogP contribution < -0.4 is 10.6 Å². The minimum absolute atomic E-state index is 0. The summed E-state index contributed by atoms with van der Waals surface area (Å²) in [5.41, 5.74) is 2.39. The molecule has 0 saturated carbocycles. The Morgan fingerprint density at radius 2 is 0.967 bits per heavy atom. The lowest BCUT2D eigenvalue weighted by atomic mass is 9.94. The normalized spacial score (nSPS) is 14.1. The summed E-state index contributed by atoms with van der Waals surface area (Å²) in [6, 6.07) is 16.4. The van der Waals surface area contributed by atoms with Gasteiger partial charge < -0.3 is 10.6 Å². The summed E-state index contributed by atoms with van der Waals surface area (Å²) < 4.78 is 0. The highest BCUT2D eigenvalue weighted by molar-refractivity contribution is 9.09. The predicted octanol–water partition coefficient (Wildman–Crippen LogP) is 8.22. The zero-order valence-corrected chi connectivity index (χ0v) is 22.9. The summed E-state index contributed by atoms with van der Waals surface area (Å²) in [5.74, 6) is 0. The Kier molecular flexibility index (Phi) is 11.8. The van der Waals surface area contributed by atoms with Crippen molar-refractivity contribution in [2.45, 2.75) is 49.3 Å². The zero-order valence-electron chi connectivity index (χ0n) is 18.2. The number of rotatable bonds is 10. The van der Waals surface area contributed by atoms with Gasteiger partial charge in [-0.15, -0.1) is 12.4 Å². The first-order valence-corrected chi connectivity index (χ1v) is 13.8. The fraction of sp³-hybridized carbons (Fsp3) is 0.455. The van der Waals surface area contributed by atoms with Crippen molar-refractivity contribution in [3.8, 4) is 0 Å². The fourth-order valence-electron chi connectivity index (χ4n) is 2.82. The van der Waals surface area contributed by atoms with E-state index in [0.29, 0.717) is 0 Å². The molecule has 0 saturated heterocycles. The molecule has 168 valence electrons. The van der Waals surface area contributed by atoms with E-state index in [2.05, 4.69) is 62.6 Å². The highest BCUT2D eigenvalue weighted by Crippen LogP contribution is 2.55. The maximum Gasteiger partial charge on any atom is 0.0585 e. The highest BCUT2D eigenvalue weighted by atomic mass is 35.5. The van der Waals surface area contributed by atoms with Crippen LogP contribution in [0.5, 0.6) is 0 Å². The Bertz CT molecular complexity index is 703. The van der Waals surface area contributed by atoms with E-state index in [9.17, 15) is 0 Å². The van der Waals surface area contributed by atoms with Crippen LogP contribution in [0.3, 0.4) is 0 Å². The lowest BCUT2D eigenvalue weighted by molar-refractivity contribution is 0.415. The molecule has 2 rings (SSSR count). The number of benzene rings is 2. The maximum absolute atomic E-state index is 6.11. The van der Waals surface area contributed by atoms with Crippen LogP contribution in [0.2, 0.25) is 10.0 Å². The van der Waals surface area contributed by atoms with E-state index in [4.69, 9.17) is 23.2 Å². The van der Waals surface area contributed by atoms with Crippen LogP contribution in [0.25, 0.3) is 0 Å². The number of halogens is 3. The summed E-state index contributed by atoms with van der Waals surface area (Å²) in [6.45, 7) is 8.94. The van der Waals surface area contributed by atoms with Crippen molar-refractivity contribution in [2.75, 3.05) is 14.1 Å². The van der Waals surface area contributed by atoms with Gasteiger partial charge in [0.25, 0.3) is 0 Å². The molecule has 0 aliphatic heterocycles. The van der Waals surface area contributed by atoms with E-state index in [-0.39, 0.29) is 34.0 Å². The summed E-state index contributed by atoms with van der Waals surface area (Å²) in [6.07, 6.45) is 0. The number of likely N-dealkylation sites (N-methyl/N-ethyl adjacent to an activating group) is 2. The molecule has 2 N–H and O–H groups in total. The minimum atomic E-state index is -0.0691. The first-order chi connectivity index (χ1) is 13.6. The summed E-state index contributed by atoms with van der Waals surface area (Å²) >= 11 is 12.2. The van der Waals surface area contributed by atoms with Crippen LogP contribution >= 0.6 is 67.0 Å². The van der Waals surface area contributed by atoms with Gasteiger partial charge in [-0.25, -0.2) is 0 Å². The predicted molar refractivity (Wildman–Crippen MR) is 145 cm³/mol. The Labute approximate surface area is 209 Å². The van der Waals surface area contributed by atoms with Crippen molar-refractivity contribution in [2.24, 2.45) is 0 Å². The standard InChI is InChI=1S/C22H30Cl2N2S3.ClH/c1-21(2,25-5)19(15-7-11-17(23)12-8-15)27-29-28-20(22(3,4)26-6)16-9-13-18(24)14-10-16;/h7-14,19-20,25-26H,1-6H3;1H. The maximum atomic E-state index is 6.11. The van der Waals surface area contributed by atoms with Crippen LogP contribution in [0.15, 0.2) is 48.5 Å². The molecule has 0 radical (unpaired) electrons. The molecule has 0 spiro atoms. The molecule has 0 amide bonds. The molecular weight excluding hydrogens is 495 g/mol. The van der Waals surface area contributed by atoms with Gasteiger partial charge in [-0.05, 0) is 87.0 Å². The van der Waals surface area contributed by atoms with Crippen molar-refractivity contribution < 1.29 is 0 Å². The molecule has 2 aromatic rings. The molecule has 2 aromatic carbocycles. The van der Waals surface area contributed by atoms with E-state index < -0.39 is 0 Å². The minimum Gasteiger partial charge on any atom is -0.313 e. The van der Waals surface area contributed by atoms with Gasteiger partial charge in [-0.2, -0.15) is 0 Å². The van der Waals surface area contributed by atoms with E-state index in [0.717, 1.165) is 10.0 Å². The monoisotopic (exact) mass is 524 g/mol. The molecule has 8 heteroatoms. The van der Waals surface area contributed by atoms with Crippen LogP contribution in [0.1, 0.15) is 49.3 Å². The average Bonchev–Trinajstić information content (AvgIpc) is 2.69. The van der Waals surface area contributed by atoms with Crippen LogP contribution in [-0.2, 0) is 0 Å². The van der Waals surface area contributed by atoms with Crippen LogP contribution in [-0.4, -0.2) is 25.2 Å². The molecule has 2 nitrogen and oxygen atoms in total. The van der Waals surface area contributed by atoms with E-state index in [1.54, 1.807) is 0 Å². The third-order valence-electron chi connectivity index (χ3n) is 5.22. The molecule has 0 fully saturated rings. The van der Waals surface area contributed by atoms with Gasteiger partial charge in [0.05, 0.1) is 10.5 Å². The largest absolute Gasteiger partial charge is 0.313 e. The second kappa shape index (κ2) is 12.5. The van der Waals surface area contributed by atoms with E-state index in [1.165, 1.54) is 11.1 Å². The molecule has 0 aromatic heterocycles. The topological polar surface area (TPSA) is 24.1 Å². The summed E-state index contributed by atoms with van der Waals surface area (Å²) in [5, 5.41) is 9.00. The molecule has 0 bridgehead atoms. The van der Waals surface area contributed by atoms with Gasteiger partial charge in [0.15, 0.2) is 0 Å². The van der Waals surface area contributed by atoms with Gasteiger partial charge in [0.2, 0.25) is 0 Å². The fourth-order valence-corrected chi connectivity index (χ4v) is 9.07. The lowest BCUT2D eigenvalue weighted by Gasteiger charge is -2.36. The number of nitrogens with one attached hydrogen (secondary N) is 2. The molecule has 2 unspecified atom stereocenters. The van der Waals surface area contributed by atoms with Gasteiger partial charge >= 0.3 is 0 Å². The second-order valence-corrected chi connectivity index (χ2v) is 13.2. The van der Waals surface area contributed by atoms with Gasteiger partial charge in [-0.3, -0.25) is 0 Å². The van der Waals surface area contributed by atoms with Crippen LogP contribution in [0, 0.1) is 0 Å². The molecule has 0 heterocycles. The van der Waals surface area contributed by atoms with Gasteiger partial charge in [0.1, 0.15) is 0 Å². The Balaban J connectivity index is 0.00000450. The Hall–Kier alpha value is 0.280. The van der Waals surface area contributed by atoms with E-state index >= 15 is 0 Å². The third-order valence-corrected chi connectivity index (χ3v) is 11.0. The van der Waals surface area contributed by atoms with Crippen molar-refractivity contribution >= 4 is 67.0 Å². The highest BCUT2D eigenvalue weighted by Gasteiger charge is 2.33. The Morgan fingerprint density at radius 3 is 1.23 bits per heavy atom. The molecule has 2 atom stereocenters. The molecule has 0 aliphatic carbocycles. The smallest absolute Gasteiger partial charge is 0.0585 e. The average molecular weight is 526 g/mol. The van der Waals surface area contributed by atoms with Crippen molar-refractivity contribution in [3.63, 3.8) is 0 Å². The molecular formula is C22H31Cl3N2S3. The lowest BCUT2D eigenvalue weighted by Crippen LogP contribution is -2.41. The van der Waals surface area contributed by atoms with Crippen molar-refractivity contribution in [1.82, 2.24) is 10.6 Å².